The molecule has 0 unspecified atom stereocenters. The van der Waals surface area contributed by atoms with Crippen molar-refractivity contribution in [2.75, 3.05) is 12.8 Å². The second-order valence-electron chi connectivity index (χ2n) is 3.66. The van der Waals surface area contributed by atoms with Crippen LogP contribution >= 0.6 is 11.6 Å². The van der Waals surface area contributed by atoms with Crippen molar-refractivity contribution in [2.45, 2.75) is 0 Å². The number of nitrogen functional groups attached to an aromatic ring is 1. The van der Waals surface area contributed by atoms with E-state index in [0.717, 1.165) is 0 Å². The number of hydrogen-bond acceptors (Lipinski definition) is 3. The van der Waals surface area contributed by atoms with Crippen molar-refractivity contribution in [3.8, 4) is 17.0 Å². The second-order valence-corrected chi connectivity index (χ2v) is 4.10. The monoisotopic (exact) mass is 266 g/mol. The number of carboxylic acids is 1. The van der Waals surface area contributed by atoms with Crippen molar-refractivity contribution in [3.05, 3.63) is 34.9 Å². The van der Waals surface area contributed by atoms with E-state index in [1.807, 2.05) is 0 Å². The molecular formula is C12H11ClN2O3. The molecule has 2 rings (SSSR count). The number of aromatic carboxylic acids is 1. The maximum Gasteiger partial charge on any atom is 0.339 e. The number of carboxylic acid groups (broad SMARTS) is 1. The first kappa shape index (κ1) is 12.3. The highest BCUT2D eigenvalue weighted by atomic mass is 35.5. The molecule has 0 amide bonds. The van der Waals surface area contributed by atoms with Gasteiger partial charge in [-0.3, -0.25) is 0 Å². The molecule has 94 valence electrons. The molecule has 2 aromatic rings. The Balaban J connectivity index is 2.58. The smallest absolute Gasteiger partial charge is 0.339 e. The third-order valence-electron chi connectivity index (χ3n) is 2.53. The first-order valence-corrected chi connectivity index (χ1v) is 5.46. The third-order valence-corrected chi connectivity index (χ3v) is 2.77. The Morgan fingerprint density at radius 2 is 2.17 bits per heavy atom. The zero-order valence-corrected chi connectivity index (χ0v) is 10.3. The second kappa shape index (κ2) is 4.62. The molecule has 0 spiro atoms. The quantitative estimate of drug-likeness (QED) is 0.797. The summed E-state index contributed by atoms with van der Waals surface area (Å²) in [6.07, 6.45) is 0. The summed E-state index contributed by atoms with van der Waals surface area (Å²) in [5, 5.41) is 9.47. The summed E-state index contributed by atoms with van der Waals surface area (Å²) in [7, 11) is 1.52. The first-order chi connectivity index (χ1) is 8.52. The summed E-state index contributed by atoms with van der Waals surface area (Å²) in [4.78, 5) is 13.7. The van der Waals surface area contributed by atoms with Gasteiger partial charge >= 0.3 is 5.97 Å². The maximum atomic E-state index is 10.9. The highest BCUT2D eigenvalue weighted by Gasteiger charge is 2.15. The van der Waals surface area contributed by atoms with Gasteiger partial charge in [0.25, 0.3) is 0 Å². The molecule has 0 fully saturated rings. The van der Waals surface area contributed by atoms with Gasteiger partial charge in [-0.1, -0.05) is 11.6 Å². The summed E-state index contributed by atoms with van der Waals surface area (Å²) >= 11 is 5.92. The number of halogens is 1. The van der Waals surface area contributed by atoms with E-state index in [1.165, 1.54) is 13.2 Å². The molecule has 0 aliphatic carbocycles. The molecule has 0 aliphatic heterocycles. The predicted octanol–water partition coefficient (Wildman–Crippen LogP) is 2.62. The Labute approximate surface area is 108 Å². The van der Waals surface area contributed by atoms with Gasteiger partial charge in [-0.25, -0.2) is 4.79 Å². The average Bonchev–Trinajstić information content (AvgIpc) is 2.71. The van der Waals surface area contributed by atoms with Crippen molar-refractivity contribution >= 4 is 23.4 Å². The molecule has 0 saturated heterocycles. The molecule has 1 aromatic heterocycles. The van der Waals surface area contributed by atoms with Crippen LogP contribution in [0.25, 0.3) is 11.3 Å². The number of benzene rings is 1. The molecule has 6 heteroatoms. The van der Waals surface area contributed by atoms with Crippen LogP contribution in [0.3, 0.4) is 0 Å². The highest BCUT2D eigenvalue weighted by Crippen LogP contribution is 2.33. The van der Waals surface area contributed by atoms with E-state index >= 15 is 0 Å². The van der Waals surface area contributed by atoms with Gasteiger partial charge in [-0.05, 0) is 24.3 Å². The Kier molecular flexibility index (Phi) is 3.16. The molecule has 0 radical (unpaired) electrons. The topological polar surface area (TPSA) is 88.3 Å². The van der Waals surface area contributed by atoms with Crippen molar-refractivity contribution in [3.63, 3.8) is 0 Å². The lowest BCUT2D eigenvalue weighted by atomic mass is 10.1. The zero-order valence-electron chi connectivity index (χ0n) is 9.53. The van der Waals surface area contributed by atoms with Crippen molar-refractivity contribution < 1.29 is 14.6 Å². The van der Waals surface area contributed by atoms with Gasteiger partial charge in [0.15, 0.2) is 0 Å². The molecule has 0 aliphatic rings. The Morgan fingerprint density at radius 3 is 2.72 bits per heavy atom. The fourth-order valence-corrected chi connectivity index (χ4v) is 1.86. The van der Waals surface area contributed by atoms with E-state index in [-0.39, 0.29) is 11.4 Å². The predicted molar refractivity (Wildman–Crippen MR) is 69.2 cm³/mol. The maximum absolute atomic E-state index is 10.9. The molecule has 5 nitrogen and oxygen atoms in total. The SMILES string of the molecule is COc1ccc(Cl)cc1-c1cc(C(=O)O)c(N)[nH]1. The average molecular weight is 267 g/mol. The van der Waals surface area contributed by atoms with Crippen LogP contribution in [0.2, 0.25) is 5.02 Å². The molecule has 1 heterocycles. The summed E-state index contributed by atoms with van der Waals surface area (Å²) in [5.41, 5.74) is 6.82. The van der Waals surface area contributed by atoms with Crippen LogP contribution in [-0.2, 0) is 0 Å². The van der Waals surface area contributed by atoms with E-state index in [2.05, 4.69) is 4.98 Å². The standard InChI is InChI=1S/C12H11ClN2O3/c1-18-10-3-2-6(13)4-7(10)9-5-8(12(16)17)11(14)15-9/h2-5,15H,14H2,1H3,(H,16,17). The first-order valence-electron chi connectivity index (χ1n) is 5.08. The minimum Gasteiger partial charge on any atom is -0.496 e. The van der Waals surface area contributed by atoms with Crippen LogP contribution in [0.15, 0.2) is 24.3 Å². The van der Waals surface area contributed by atoms with Gasteiger partial charge in [0.05, 0.1) is 12.8 Å². The molecule has 4 N–H and O–H groups in total. The molecule has 18 heavy (non-hydrogen) atoms. The van der Waals surface area contributed by atoms with E-state index < -0.39 is 5.97 Å². The van der Waals surface area contributed by atoms with Gasteiger partial charge in [0.2, 0.25) is 0 Å². The summed E-state index contributed by atoms with van der Waals surface area (Å²) in [5.74, 6) is -0.409. The number of nitrogens with one attached hydrogen (secondary N) is 1. The number of anilines is 1. The van der Waals surface area contributed by atoms with Gasteiger partial charge in [0.1, 0.15) is 17.1 Å². The molecule has 0 saturated carbocycles. The number of hydrogen-bond donors (Lipinski definition) is 3. The van der Waals surface area contributed by atoms with Crippen LogP contribution in [0, 0.1) is 0 Å². The minimum atomic E-state index is -1.09. The fourth-order valence-electron chi connectivity index (χ4n) is 1.68. The fraction of sp³-hybridized carbons (Fsp3) is 0.0833. The lowest BCUT2D eigenvalue weighted by Gasteiger charge is -2.07. The third kappa shape index (κ3) is 2.12. The number of nitrogens with two attached hydrogens (primary N) is 1. The lowest BCUT2D eigenvalue weighted by Crippen LogP contribution is -1.98. The van der Waals surface area contributed by atoms with Gasteiger partial charge < -0.3 is 20.6 Å². The van der Waals surface area contributed by atoms with E-state index in [9.17, 15) is 4.79 Å². The van der Waals surface area contributed by atoms with Crippen LogP contribution in [-0.4, -0.2) is 23.2 Å². The van der Waals surface area contributed by atoms with Crippen LogP contribution < -0.4 is 10.5 Å². The zero-order chi connectivity index (χ0) is 13.3. The number of aromatic amines is 1. The van der Waals surface area contributed by atoms with Crippen molar-refractivity contribution in [1.82, 2.24) is 4.98 Å². The van der Waals surface area contributed by atoms with E-state index in [4.69, 9.17) is 27.2 Å². The Hall–Kier alpha value is -2.14. The Bertz CT molecular complexity index is 607. The van der Waals surface area contributed by atoms with Crippen LogP contribution in [0.1, 0.15) is 10.4 Å². The summed E-state index contributed by atoms with van der Waals surface area (Å²) < 4.78 is 5.20. The molecule has 1 aromatic carbocycles. The number of ether oxygens (including phenoxy) is 1. The molecular weight excluding hydrogens is 256 g/mol. The van der Waals surface area contributed by atoms with Crippen LogP contribution in [0.5, 0.6) is 5.75 Å². The van der Waals surface area contributed by atoms with E-state index in [0.29, 0.717) is 22.0 Å². The number of methoxy groups -OCH3 is 1. The Morgan fingerprint density at radius 1 is 1.44 bits per heavy atom. The normalized spacial score (nSPS) is 10.3. The number of rotatable bonds is 3. The molecule has 0 atom stereocenters. The minimum absolute atomic E-state index is 0.0204. The largest absolute Gasteiger partial charge is 0.496 e. The van der Waals surface area contributed by atoms with Gasteiger partial charge in [-0.2, -0.15) is 0 Å². The summed E-state index contributed by atoms with van der Waals surface area (Å²) in [6, 6.07) is 6.52. The van der Waals surface area contributed by atoms with Gasteiger partial charge in [0, 0.05) is 10.6 Å². The number of H-pyrrole nitrogens is 1. The number of carbonyl (C=O) groups is 1. The van der Waals surface area contributed by atoms with Gasteiger partial charge in [-0.15, -0.1) is 0 Å². The lowest BCUT2D eigenvalue weighted by molar-refractivity contribution is 0.0698. The highest BCUT2D eigenvalue weighted by molar-refractivity contribution is 6.31. The van der Waals surface area contributed by atoms with Crippen molar-refractivity contribution in [1.29, 1.82) is 0 Å². The van der Waals surface area contributed by atoms with E-state index in [1.54, 1.807) is 18.2 Å². The van der Waals surface area contributed by atoms with Crippen molar-refractivity contribution in [2.24, 2.45) is 0 Å². The summed E-state index contributed by atoms with van der Waals surface area (Å²) in [6.45, 7) is 0. The number of aromatic nitrogens is 1. The van der Waals surface area contributed by atoms with Crippen LogP contribution in [0.4, 0.5) is 5.82 Å². The molecule has 0 bridgehead atoms.